The smallest absolute Gasteiger partial charge is 0.408 e. The maximum Gasteiger partial charge on any atom is 0.408 e. The minimum absolute atomic E-state index is 0.109. The van der Waals surface area contributed by atoms with Gasteiger partial charge in [0.2, 0.25) is 5.91 Å². The summed E-state index contributed by atoms with van der Waals surface area (Å²) in [5, 5.41) is 15.2. The van der Waals surface area contributed by atoms with Gasteiger partial charge in [0.15, 0.2) is 0 Å². The number of alkyl carbamates (subject to hydrolysis) is 1. The van der Waals surface area contributed by atoms with E-state index in [0.29, 0.717) is 32.4 Å². The van der Waals surface area contributed by atoms with Crippen LogP contribution in [0, 0.1) is 0 Å². The van der Waals surface area contributed by atoms with E-state index in [0.717, 1.165) is 27.8 Å². The number of aliphatic carboxylic acids is 1. The first kappa shape index (κ1) is 27.4. The molecule has 3 aromatic rings. The fourth-order valence-electron chi connectivity index (χ4n) is 5.88. The lowest BCUT2D eigenvalue weighted by atomic mass is 9.96. The van der Waals surface area contributed by atoms with Crippen molar-refractivity contribution in [3.05, 3.63) is 95.6 Å². The number of nitrogens with one attached hydrogen (secondary N) is 2. The first-order valence-electron chi connectivity index (χ1n) is 13.8. The number of carboxylic acids is 1. The van der Waals surface area contributed by atoms with Gasteiger partial charge in [0, 0.05) is 25.6 Å². The molecule has 1 saturated heterocycles. The lowest BCUT2D eigenvalue weighted by Crippen LogP contribution is -2.62. The monoisotopic (exact) mass is 541 g/mol. The number of carboxylic acid groups (broad SMARTS) is 1. The molecule has 3 aromatic carbocycles. The molecule has 8 nitrogen and oxygen atoms in total. The van der Waals surface area contributed by atoms with Gasteiger partial charge < -0.3 is 20.5 Å². The highest BCUT2D eigenvalue weighted by Crippen LogP contribution is 2.44. The summed E-state index contributed by atoms with van der Waals surface area (Å²) in [6, 6.07) is 25.1. The van der Waals surface area contributed by atoms with Crippen LogP contribution in [0.4, 0.5) is 4.79 Å². The van der Waals surface area contributed by atoms with Crippen LogP contribution in [0.3, 0.4) is 0 Å². The quantitative estimate of drug-likeness (QED) is 0.348. The molecule has 0 saturated carbocycles. The number of carbonyl (C=O) groups excluding carboxylic acids is 2. The molecule has 3 N–H and O–H groups in total. The van der Waals surface area contributed by atoms with Crippen molar-refractivity contribution in [1.82, 2.24) is 15.5 Å². The highest BCUT2D eigenvalue weighted by molar-refractivity contribution is 5.93. The molecule has 0 aromatic heterocycles. The third kappa shape index (κ3) is 5.72. The molecule has 2 amide bonds. The molecule has 0 spiro atoms. The lowest BCUT2D eigenvalue weighted by Gasteiger charge is -2.30. The molecule has 0 radical (unpaired) electrons. The van der Waals surface area contributed by atoms with Crippen LogP contribution in [0.1, 0.15) is 48.8 Å². The Kier molecular flexibility index (Phi) is 8.16. The molecule has 2 aliphatic rings. The maximum atomic E-state index is 13.6. The highest BCUT2D eigenvalue weighted by Gasteiger charge is 2.47. The van der Waals surface area contributed by atoms with Gasteiger partial charge in [0.05, 0.1) is 0 Å². The van der Waals surface area contributed by atoms with Crippen LogP contribution in [0.15, 0.2) is 78.9 Å². The second kappa shape index (κ2) is 11.9. The molecule has 1 fully saturated rings. The Morgan fingerprint density at radius 3 is 2.23 bits per heavy atom. The molecule has 40 heavy (non-hydrogen) atoms. The van der Waals surface area contributed by atoms with Gasteiger partial charge in [-0.3, -0.25) is 9.69 Å². The number of hydrogen-bond donors (Lipinski definition) is 3. The summed E-state index contributed by atoms with van der Waals surface area (Å²) in [4.78, 5) is 40.7. The van der Waals surface area contributed by atoms with Gasteiger partial charge in [-0.15, -0.1) is 0 Å². The van der Waals surface area contributed by atoms with Crippen LogP contribution >= 0.6 is 0 Å². The van der Waals surface area contributed by atoms with E-state index in [2.05, 4.69) is 39.8 Å². The molecule has 1 unspecified atom stereocenters. The van der Waals surface area contributed by atoms with E-state index in [1.807, 2.05) is 61.5 Å². The third-order valence-corrected chi connectivity index (χ3v) is 7.90. The van der Waals surface area contributed by atoms with Crippen molar-refractivity contribution in [2.75, 3.05) is 19.7 Å². The van der Waals surface area contributed by atoms with E-state index < -0.39 is 29.6 Å². The van der Waals surface area contributed by atoms with Crippen molar-refractivity contribution in [2.24, 2.45) is 0 Å². The summed E-state index contributed by atoms with van der Waals surface area (Å²) >= 11 is 0. The Hall–Kier alpha value is -4.17. The van der Waals surface area contributed by atoms with Crippen LogP contribution in [-0.2, 0) is 20.9 Å². The van der Waals surface area contributed by atoms with Crippen LogP contribution < -0.4 is 10.6 Å². The fraction of sp³-hybridized carbons (Fsp3) is 0.344. The van der Waals surface area contributed by atoms with Gasteiger partial charge in [-0.2, -0.15) is 0 Å². The van der Waals surface area contributed by atoms with Crippen LogP contribution in [0.5, 0.6) is 0 Å². The summed E-state index contributed by atoms with van der Waals surface area (Å²) in [5.74, 6) is -1.70. The van der Waals surface area contributed by atoms with Gasteiger partial charge in [0.1, 0.15) is 18.2 Å². The van der Waals surface area contributed by atoms with Gasteiger partial charge >= 0.3 is 12.1 Å². The van der Waals surface area contributed by atoms with E-state index in [9.17, 15) is 19.5 Å². The average molecular weight is 542 g/mol. The Balaban J connectivity index is 1.31. The summed E-state index contributed by atoms with van der Waals surface area (Å²) < 4.78 is 5.77. The van der Waals surface area contributed by atoms with Crippen molar-refractivity contribution in [2.45, 2.75) is 50.2 Å². The zero-order valence-electron chi connectivity index (χ0n) is 22.6. The fourth-order valence-corrected chi connectivity index (χ4v) is 5.88. The molecule has 2 atom stereocenters. The molecule has 1 heterocycles. The second-order valence-corrected chi connectivity index (χ2v) is 10.6. The normalized spacial score (nSPS) is 18.9. The number of ether oxygens (including phenoxy) is 1. The Bertz CT molecular complexity index is 1330. The molecule has 208 valence electrons. The van der Waals surface area contributed by atoms with E-state index in [4.69, 9.17) is 4.74 Å². The van der Waals surface area contributed by atoms with E-state index in [-0.39, 0.29) is 19.1 Å². The van der Waals surface area contributed by atoms with Crippen molar-refractivity contribution in [1.29, 1.82) is 0 Å². The molecule has 1 aliphatic carbocycles. The number of nitrogens with zero attached hydrogens (tertiary/aromatic N) is 1. The Morgan fingerprint density at radius 1 is 0.975 bits per heavy atom. The van der Waals surface area contributed by atoms with E-state index in [1.54, 1.807) is 0 Å². The first-order valence-corrected chi connectivity index (χ1v) is 13.8. The zero-order valence-corrected chi connectivity index (χ0v) is 22.6. The highest BCUT2D eigenvalue weighted by atomic mass is 16.5. The Labute approximate surface area is 234 Å². The second-order valence-electron chi connectivity index (χ2n) is 10.6. The van der Waals surface area contributed by atoms with Crippen molar-refractivity contribution >= 4 is 18.0 Å². The molecule has 8 heteroatoms. The standard InChI is InChI=1S/C32H35N3O5/c1-2-10-28(29(36)37)33-30(38)32(17-18-35(21-32)19-22-11-4-3-5-12-22)34-31(39)40-20-27-25-15-8-6-13-23(25)24-14-7-9-16-26(24)27/h3-9,11-16,27-28H,2,10,17-21H2,1H3,(H,33,38)(H,34,39)(H,36,37)/t28-,32?/m0/s1. The summed E-state index contributed by atoms with van der Waals surface area (Å²) in [6.07, 6.45) is 0.551. The Morgan fingerprint density at radius 2 is 1.60 bits per heavy atom. The number of fused-ring (bicyclic) bond motifs is 3. The van der Waals surface area contributed by atoms with Gasteiger partial charge in [-0.1, -0.05) is 92.2 Å². The van der Waals surface area contributed by atoms with Gasteiger partial charge in [-0.25, -0.2) is 9.59 Å². The molecule has 0 bridgehead atoms. The zero-order chi connectivity index (χ0) is 28.1. The third-order valence-electron chi connectivity index (χ3n) is 7.90. The predicted molar refractivity (Wildman–Crippen MR) is 152 cm³/mol. The number of benzene rings is 3. The number of amides is 2. The van der Waals surface area contributed by atoms with Crippen molar-refractivity contribution in [3.8, 4) is 11.1 Å². The number of hydrogen-bond acceptors (Lipinski definition) is 5. The van der Waals surface area contributed by atoms with Crippen molar-refractivity contribution < 1.29 is 24.2 Å². The molecule has 1 aliphatic heterocycles. The minimum atomic E-state index is -1.31. The summed E-state index contributed by atoms with van der Waals surface area (Å²) in [5.41, 5.74) is 4.25. The van der Waals surface area contributed by atoms with E-state index >= 15 is 0 Å². The maximum absolute atomic E-state index is 13.6. The SMILES string of the molecule is CCC[C@H](NC(=O)C1(NC(=O)OCC2c3ccccc3-c3ccccc32)CCN(Cc2ccccc2)C1)C(=O)O. The van der Waals surface area contributed by atoms with Gasteiger partial charge in [0.25, 0.3) is 0 Å². The van der Waals surface area contributed by atoms with E-state index in [1.165, 1.54) is 0 Å². The summed E-state index contributed by atoms with van der Waals surface area (Å²) in [7, 11) is 0. The topological polar surface area (TPSA) is 108 Å². The van der Waals surface area contributed by atoms with Crippen LogP contribution in [0.25, 0.3) is 11.1 Å². The predicted octanol–water partition coefficient (Wildman–Crippen LogP) is 4.54. The largest absolute Gasteiger partial charge is 0.480 e. The number of rotatable bonds is 10. The number of carbonyl (C=O) groups is 3. The van der Waals surface area contributed by atoms with Gasteiger partial charge in [-0.05, 0) is 40.7 Å². The van der Waals surface area contributed by atoms with Crippen LogP contribution in [-0.4, -0.2) is 59.3 Å². The van der Waals surface area contributed by atoms with Crippen molar-refractivity contribution in [3.63, 3.8) is 0 Å². The van der Waals surface area contributed by atoms with Crippen LogP contribution in [0.2, 0.25) is 0 Å². The summed E-state index contributed by atoms with van der Waals surface area (Å²) in [6.45, 7) is 3.41. The number of likely N-dealkylation sites (tertiary alicyclic amines) is 1. The minimum Gasteiger partial charge on any atom is -0.480 e. The molecule has 5 rings (SSSR count). The first-order chi connectivity index (χ1) is 19.4. The average Bonchev–Trinajstić information content (AvgIpc) is 3.51. The molecular formula is C32H35N3O5. The lowest BCUT2D eigenvalue weighted by molar-refractivity contribution is -0.143. The molecular weight excluding hydrogens is 506 g/mol.